The monoisotopic (exact) mass is 290 g/mol. The zero-order valence-corrected chi connectivity index (χ0v) is 11.3. The predicted molar refractivity (Wildman–Crippen MR) is 69.9 cm³/mol. The van der Waals surface area contributed by atoms with E-state index in [1.807, 2.05) is 0 Å². The van der Waals surface area contributed by atoms with Gasteiger partial charge in [0.1, 0.15) is 4.90 Å². The summed E-state index contributed by atoms with van der Waals surface area (Å²) in [6.45, 7) is 0.220. The Bertz CT molecular complexity index is 547. The van der Waals surface area contributed by atoms with Crippen LogP contribution in [-0.4, -0.2) is 37.0 Å². The normalized spacial score (nSPS) is 21.3. The van der Waals surface area contributed by atoms with Crippen molar-refractivity contribution in [1.82, 2.24) is 4.31 Å². The minimum absolute atomic E-state index is 0.00418. The maximum absolute atomic E-state index is 12.5. The Morgan fingerprint density at radius 3 is 2.89 bits per heavy atom. The lowest BCUT2D eigenvalue weighted by atomic mass is 10.2. The van der Waals surface area contributed by atoms with Crippen LogP contribution in [0.25, 0.3) is 0 Å². The zero-order valence-electron chi connectivity index (χ0n) is 9.71. The first kappa shape index (κ1) is 13.6. The Labute approximate surface area is 111 Å². The SMILES string of the molecule is Nc1ccc(Cl)c(S(=O)(=O)N2CCC[C@H]2CO)c1. The fraction of sp³-hybridized carbons (Fsp3) is 0.455. The number of hydrogen-bond acceptors (Lipinski definition) is 4. The summed E-state index contributed by atoms with van der Waals surface area (Å²) in [5.74, 6) is 0. The first-order chi connectivity index (χ1) is 8.46. The van der Waals surface area contributed by atoms with Gasteiger partial charge in [-0.2, -0.15) is 4.31 Å². The molecule has 0 amide bonds. The van der Waals surface area contributed by atoms with Crippen molar-refractivity contribution in [2.45, 2.75) is 23.8 Å². The largest absolute Gasteiger partial charge is 0.399 e. The van der Waals surface area contributed by atoms with E-state index in [2.05, 4.69) is 0 Å². The van der Waals surface area contributed by atoms with E-state index in [0.29, 0.717) is 18.7 Å². The van der Waals surface area contributed by atoms with Crippen LogP contribution >= 0.6 is 11.6 Å². The van der Waals surface area contributed by atoms with E-state index in [4.69, 9.17) is 17.3 Å². The van der Waals surface area contributed by atoms with Crippen molar-refractivity contribution in [3.8, 4) is 0 Å². The summed E-state index contributed by atoms with van der Waals surface area (Å²) in [6, 6.07) is 4.00. The van der Waals surface area contributed by atoms with Crippen LogP contribution in [0.15, 0.2) is 23.1 Å². The maximum Gasteiger partial charge on any atom is 0.244 e. The van der Waals surface area contributed by atoms with Crippen molar-refractivity contribution >= 4 is 27.3 Å². The van der Waals surface area contributed by atoms with Crippen molar-refractivity contribution in [3.63, 3.8) is 0 Å². The molecule has 0 aromatic heterocycles. The molecule has 1 aromatic carbocycles. The third kappa shape index (κ3) is 2.33. The molecule has 2 rings (SSSR count). The minimum Gasteiger partial charge on any atom is -0.399 e. The summed E-state index contributed by atoms with van der Waals surface area (Å²) in [6.07, 6.45) is 1.40. The number of aliphatic hydroxyl groups excluding tert-OH is 1. The van der Waals surface area contributed by atoms with Crippen LogP contribution in [0.2, 0.25) is 5.02 Å². The van der Waals surface area contributed by atoms with Gasteiger partial charge >= 0.3 is 0 Å². The maximum atomic E-state index is 12.5. The smallest absolute Gasteiger partial charge is 0.244 e. The van der Waals surface area contributed by atoms with Crippen molar-refractivity contribution in [2.24, 2.45) is 0 Å². The minimum atomic E-state index is -3.69. The molecular weight excluding hydrogens is 276 g/mol. The van der Waals surface area contributed by atoms with Gasteiger partial charge in [-0.25, -0.2) is 8.42 Å². The van der Waals surface area contributed by atoms with E-state index in [1.165, 1.54) is 16.4 Å². The highest BCUT2D eigenvalue weighted by Gasteiger charge is 2.35. The van der Waals surface area contributed by atoms with Gasteiger partial charge in [-0.1, -0.05) is 11.6 Å². The van der Waals surface area contributed by atoms with Crippen LogP contribution in [-0.2, 0) is 10.0 Å². The number of nitrogens with zero attached hydrogens (tertiary/aromatic N) is 1. The van der Waals surface area contributed by atoms with Crippen LogP contribution in [0.3, 0.4) is 0 Å². The van der Waals surface area contributed by atoms with Crippen LogP contribution in [0.1, 0.15) is 12.8 Å². The second-order valence-electron chi connectivity index (χ2n) is 4.28. The third-order valence-electron chi connectivity index (χ3n) is 3.08. The molecule has 1 aliphatic rings. The lowest BCUT2D eigenvalue weighted by molar-refractivity contribution is 0.213. The molecule has 0 unspecified atom stereocenters. The van der Waals surface area contributed by atoms with Gasteiger partial charge in [-0.3, -0.25) is 0 Å². The molecule has 0 aliphatic carbocycles. The Balaban J connectivity index is 2.45. The lowest BCUT2D eigenvalue weighted by Gasteiger charge is -2.23. The standard InChI is InChI=1S/C11H15ClN2O3S/c12-10-4-3-8(13)6-11(10)18(16,17)14-5-1-2-9(14)7-15/h3-4,6,9,15H,1-2,5,7,13H2/t9-/m0/s1. The average Bonchev–Trinajstić information content (AvgIpc) is 2.81. The Morgan fingerprint density at radius 1 is 1.50 bits per heavy atom. The molecule has 0 saturated carbocycles. The van der Waals surface area contributed by atoms with Crippen molar-refractivity contribution in [2.75, 3.05) is 18.9 Å². The van der Waals surface area contributed by atoms with E-state index in [0.717, 1.165) is 6.42 Å². The van der Waals surface area contributed by atoms with Crippen LogP contribution in [0.4, 0.5) is 5.69 Å². The van der Waals surface area contributed by atoms with Gasteiger partial charge in [0.25, 0.3) is 0 Å². The van der Waals surface area contributed by atoms with Gasteiger partial charge < -0.3 is 10.8 Å². The molecule has 1 fully saturated rings. The first-order valence-electron chi connectivity index (χ1n) is 5.64. The first-order valence-corrected chi connectivity index (χ1v) is 7.46. The van der Waals surface area contributed by atoms with Crippen LogP contribution < -0.4 is 5.73 Å². The molecule has 0 spiro atoms. The molecule has 1 atom stereocenters. The van der Waals surface area contributed by atoms with Gasteiger partial charge in [0.2, 0.25) is 10.0 Å². The number of halogens is 1. The molecule has 1 aliphatic heterocycles. The van der Waals surface area contributed by atoms with Crippen molar-refractivity contribution < 1.29 is 13.5 Å². The molecule has 1 aromatic rings. The fourth-order valence-corrected chi connectivity index (χ4v) is 4.35. The highest BCUT2D eigenvalue weighted by atomic mass is 35.5. The number of benzene rings is 1. The van der Waals surface area contributed by atoms with Gasteiger partial charge in [0.15, 0.2) is 0 Å². The second-order valence-corrected chi connectivity index (χ2v) is 6.55. The summed E-state index contributed by atoms with van der Waals surface area (Å²) < 4.78 is 26.2. The molecule has 1 saturated heterocycles. The van der Waals surface area contributed by atoms with E-state index in [-0.39, 0.29) is 22.6 Å². The van der Waals surface area contributed by atoms with Crippen molar-refractivity contribution in [1.29, 1.82) is 0 Å². The lowest BCUT2D eigenvalue weighted by Crippen LogP contribution is -2.37. The molecule has 5 nitrogen and oxygen atoms in total. The summed E-state index contributed by atoms with van der Waals surface area (Å²) >= 11 is 5.93. The van der Waals surface area contributed by atoms with Crippen LogP contribution in [0.5, 0.6) is 0 Å². The molecule has 18 heavy (non-hydrogen) atoms. The molecule has 100 valence electrons. The van der Waals surface area contributed by atoms with E-state index >= 15 is 0 Å². The molecule has 0 bridgehead atoms. The number of nitrogen functional groups attached to an aromatic ring is 1. The summed E-state index contributed by atoms with van der Waals surface area (Å²) in [5.41, 5.74) is 5.94. The predicted octanol–water partition coefficient (Wildman–Crippen LogP) is 1.07. The summed E-state index contributed by atoms with van der Waals surface area (Å²) in [5, 5.41) is 9.35. The molecule has 1 heterocycles. The van der Waals surface area contributed by atoms with Gasteiger partial charge in [0.05, 0.1) is 11.6 Å². The highest BCUT2D eigenvalue weighted by molar-refractivity contribution is 7.89. The Morgan fingerprint density at radius 2 is 2.22 bits per heavy atom. The second kappa shape index (κ2) is 5.05. The highest BCUT2D eigenvalue weighted by Crippen LogP contribution is 2.31. The van der Waals surface area contributed by atoms with Gasteiger partial charge in [-0.05, 0) is 31.0 Å². The number of rotatable bonds is 3. The molecular formula is C11H15ClN2O3S. The summed E-state index contributed by atoms with van der Waals surface area (Å²) in [7, 11) is -3.69. The number of sulfonamides is 1. The molecule has 7 heteroatoms. The number of nitrogens with two attached hydrogens (primary N) is 1. The zero-order chi connectivity index (χ0) is 13.3. The average molecular weight is 291 g/mol. The molecule has 0 radical (unpaired) electrons. The van der Waals surface area contributed by atoms with E-state index in [9.17, 15) is 13.5 Å². The number of aliphatic hydroxyl groups is 1. The Hall–Kier alpha value is -0.820. The Kier molecular flexibility index (Phi) is 3.82. The van der Waals surface area contributed by atoms with E-state index < -0.39 is 10.0 Å². The molecule has 3 N–H and O–H groups in total. The summed E-state index contributed by atoms with van der Waals surface area (Å²) in [4.78, 5) is 0.00418. The van der Waals surface area contributed by atoms with Gasteiger partial charge in [-0.15, -0.1) is 0 Å². The van der Waals surface area contributed by atoms with Crippen molar-refractivity contribution in [3.05, 3.63) is 23.2 Å². The van der Waals surface area contributed by atoms with Crippen LogP contribution in [0, 0.1) is 0 Å². The number of anilines is 1. The fourth-order valence-electron chi connectivity index (χ4n) is 2.15. The topological polar surface area (TPSA) is 83.6 Å². The quantitative estimate of drug-likeness (QED) is 0.816. The van der Waals surface area contributed by atoms with E-state index in [1.54, 1.807) is 6.07 Å². The third-order valence-corrected chi connectivity index (χ3v) is 5.51. The number of hydrogen-bond donors (Lipinski definition) is 2. The van der Waals surface area contributed by atoms with Gasteiger partial charge in [0, 0.05) is 18.3 Å².